The van der Waals surface area contributed by atoms with Crippen molar-refractivity contribution in [1.29, 1.82) is 0 Å². The van der Waals surface area contributed by atoms with Crippen LogP contribution in [-0.4, -0.2) is 46.2 Å². The quantitative estimate of drug-likeness (QED) is 0.917. The van der Waals surface area contributed by atoms with E-state index in [4.69, 9.17) is 4.74 Å². The third kappa shape index (κ3) is 3.03. The van der Waals surface area contributed by atoms with Gasteiger partial charge >= 0.3 is 5.69 Å². The minimum Gasteiger partial charge on any atom is -0.376 e. The second kappa shape index (κ2) is 6.20. The van der Waals surface area contributed by atoms with Gasteiger partial charge in [-0.25, -0.2) is 4.79 Å². The van der Waals surface area contributed by atoms with Crippen LogP contribution in [0.15, 0.2) is 23.0 Å². The number of hydrogen-bond acceptors (Lipinski definition) is 3. The van der Waals surface area contributed by atoms with Crippen molar-refractivity contribution in [2.24, 2.45) is 13.0 Å². The Kier molecular flexibility index (Phi) is 4.26. The third-order valence-corrected chi connectivity index (χ3v) is 4.49. The Morgan fingerprint density at radius 2 is 2.17 bits per heavy atom. The highest BCUT2D eigenvalue weighted by atomic mass is 16.5. The van der Waals surface area contributed by atoms with Crippen molar-refractivity contribution < 1.29 is 9.53 Å². The fourth-order valence-electron chi connectivity index (χ4n) is 2.99. The van der Waals surface area contributed by atoms with Crippen LogP contribution in [0, 0.1) is 5.92 Å². The largest absolute Gasteiger partial charge is 0.376 e. The van der Waals surface area contributed by atoms with Crippen LogP contribution >= 0.6 is 0 Å². The van der Waals surface area contributed by atoms with E-state index in [0.29, 0.717) is 36.7 Å². The molecule has 0 spiro atoms. The van der Waals surface area contributed by atoms with E-state index in [1.165, 1.54) is 4.57 Å². The Morgan fingerprint density at radius 1 is 1.39 bits per heavy atom. The van der Waals surface area contributed by atoms with Crippen LogP contribution in [-0.2, 0) is 11.8 Å². The van der Waals surface area contributed by atoms with E-state index in [2.05, 4.69) is 18.8 Å². The molecule has 6 heteroatoms. The van der Waals surface area contributed by atoms with E-state index in [-0.39, 0.29) is 17.7 Å². The molecular formula is C17H23N3O3. The lowest BCUT2D eigenvalue weighted by Crippen LogP contribution is -2.38. The van der Waals surface area contributed by atoms with Crippen molar-refractivity contribution >= 4 is 16.9 Å². The molecule has 1 unspecified atom stereocenters. The van der Waals surface area contributed by atoms with Gasteiger partial charge in [-0.05, 0) is 30.5 Å². The van der Waals surface area contributed by atoms with Crippen LogP contribution in [0.4, 0.5) is 0 Å². The molecule has 0 saturated carbocycles. The summed E-state index contributed by atoms with van der Waals surface area (Å²) in [7, 11) is 1.71. The molecule has 2 aromatic rings. The maximum atomic E-state index is 12.8. The molecule has 1 saturated heterocycles. The number of aromatic amines is 1. The summed E-state index contributed by atoms with van der Waals surface area (Å²) >= 11 is 0. The predicted molar refractivity (Wildman–Crippen MR) is 88.6 cm³/mol. The van der Waals surface area contributed by atoms with E-state index >= 15 is 0 Å². The van der Waals surface area contributed by atoms with Crippen molar-refractivity contribution in [1.82, 2.24) is 14.5 Å². The zero-order valence-corrected chi connectivity index (χ0v) is 13.8. The van der Waals surface area contributed by atoms with Crippen LogP contribution in [0.5, 0.6) is 0 Å². The number of rotatable bonds is 2. The Morgan fingerprint density at radius 3 is 2.91 bits per heavy atom. The fourth-order valence-corrected chi connectivity index (χ4v) is 2.99. The molecule has 1 amide bonds. The summed E-state index contributed by atoms with van der Waals surface area (Å²) in [6.07, 6.45) is 0.918. The molecule has 1 aliphatic rings. The summed E-state index contributed by atoms with van der Waals surface area (Å²) in [5.74, 6) is 0.365. The lowest BCUT2D eigenvalue weighted by molar-refractivity contribution is 0.0222. The van der Waals surface area contributed by atoms with E-state index in [9.17, 15) is 9.59 Å². The lowest BCUT2D eigenvalue weighted by Gasteiger charge is -2.26. The highest BCUT2D eigenvalue weighted by Crippen LogP contribution is 2.18. The maximum Gasteiger partial charge on any atom is 0.326 e. The van der Waals surface area contributed by atoms with E-state index in [0.717, 1.165) is 11.9 Å². The Labute approximate surface area is 135 Å². The summed E-state index contributed by atoms with van der Waals surface area (Å²) in [5.41, 5.74) is 1.91. The molecule has 124 valence electrons. The van der Waals surface area contributed by atoms with Gasteiger partial charge in [0.15, 0.2) is 0 Å². The molecule has 1 aliphatic heterocycles. The number of ether oxygens (including phenoxy) is 1. The van der Waals surface area contributed by atoms with Crippen molar-refractivity contribution in [3.05, 3.63) is 34.2 Å². The number of amides is 1. The molecular weight excluding hydrogens is 294 g/mol. The molecule has 1 aromatic carbocycles. The average molecular weight is 317 g/mol. The predicted octanol–water partition coefficient (Wildman–Crippen LogP) is 1.75. The van der Waals surface area contributed by atoms with Crippen molar-refractivity contribution in [2.75, 3.05) is 19.7 Å². The molecule has 0 bridgehead atoms. The first-order chi connectivity index (χ1) is 11.0. The van der Waals surface area contributed by atoms with Crippen LogP contribution in [0.25, 0.3) is 11.0 Å². The number of carbonyl (C=O) groups is 1. The summed E-state index contributed by atoms with van der Waals surface area (Å²) in [6.45, 7) is 6.22. The van der Waals surface area contributed by atoms with Gasteiger partial charge in [0.1, 0.15) is 0 Å². The van der Waals surface area contributed by atoms with Gasteiger partial charge in [-0.1, -0.05) is 13.8 Å². The number of aromatic nitrogens is 2. The Balaban J connectivity index is 1.88. The van der Waals surface area contributed by atoms with E-state index in [1.54, 1.807) is 19.2 Å². The highest BCUT2D eigenvalue weighted by Gasteiger charge is 2.25. The van der Waals surface area contributed by atoms with Gasteiger partial charge in [0.25, 0.3) is 5.91 Å². The van der Waals surface area contributed by atoms with Crippen LogP contribution in [0.1, 0.15) is 30.6 Å². The van der Waals surface area contributed by atoms with Gasteiger partial charge in [0, 0.05) is 32.3 Å². The molecule has 6 nitrogen and oxygen atoms in total. The van der Waals surface area contributed by atoms with Gasteiger partial charge < -0.3 is 14.6 Å². The number of imidazole rings is 1. The Hall–Kier alpha value is -2.08. The first-order valence-electron chi connectivity index (χ1n) is 8.07. The van der Waals surface area contributed by atoms with Gasteiger partial charge in [-0.15, -0.1) is 0 Å². The van der Waals surface area contributed by atoms with Crippen molar-refractivity contribution in [3.8, 4) is 0 Å². The summed E-state index contributed by atoms with van der Waals surface area (Å²) < 4.78 is 7.37. The molecule has 0 radical (unpaired) electrons. The normalized spacial score (nSPS) is 19.3. The second-order valence-corrected chi connectivity index (χ2v) is 6.48. The molecule has 1 N–H and O–H groups in total. The minimum atomic E-state index is -0.173. The number of benzene rings is 1. The van der Waals surface area contributed by atoms with Crippen molar-refractivity contribution in [2.45, 2.75) is 26.4 Å². The first-order valence-corrected chi connectivity index (χ1v) is 8.07. The smallest absolute Gasteiger partial charge is 0.326 e. The highest BCUT2D eigenvalue weighted by molar-refractivity contribution is 5.97. The number of nitrogens with one attached hydrogen (secondary N) is 1. The zero-order valence-electron chi connectivity index (χ0n) is 13.8. The Bertz CT molecular complexity index is 775. The molecule has 23 heavy (non-hydrogen) atoms. The molecule has 1 fully saturated rings. The van der Waals surface area contributed by atoms with Gasteiger partial charge in [-0.3, -0.25) is 9.36 Å². The monoisotopic (exact) mass is 317 g/mol. The van der Waals surface area contributed by atoms with Crippen LogP contribution in [0.2, 0.25) is 0 Å². The average Bonchev–Trinajstić information content (AvgIpc) is 2.72. The van der Waals surface area contributed by atoms with Crippen LogP contribution < -0.4 is 5.69 Å². The summed E-state index contributed by atoms with van der Waals surface area (Å²) in [6, 6.07) is 5.36. The lowest BCUT2D eigenvalue weighted by atomic mass is 10.1. The second-order valence-electron chi connectivity index (χ2n) is 6.48. The number of aryl methyl sites for hydroxylation is 1. The topological polar surface area (TPSA) is 67.3 Å². The summed E-state index contributed by atoms with van der Waals surface area (Å²) in [5, 5.41) is 0. The van der Waals surface area contributed by atoms with Crippen molar-refractivity contribution in [3.63, 3.8) is 0 Å². The molecule has 0 aliphatic carbocycles. The number of carbonyl (C=O) groups excluding carboxylic acids is 1. The number of fused-ring (bicyclic) bond motifs is 1. The fraction of sp³-hybridized carbons (Fsp3) is 0.529. The van der Waals surface area contributed by atoms with Gasteiger partial charge in [-0.2, -0.15) is 0 Å². The third-order valence-electron chi connectivity index (χ3n) is 4.49. The van der Waals surface area contributed by atoms with Gasteiger partial charge in [0.05, 0.1) is 17.1 Å². The van der Waals surface area contributed by atoms with E-state index < -0.39 is 0 Å². The SMILES string of the molecule is CC(C)C1CN(C(=O)c2ccc3c(c2)[nH]c(=O)n3C)CCCO1. The standard InChI is InChI=1S/C17H23N3O3/c1-11(2)15-10-20(7-4-8-23-15)16(21)12-5-6-14-13(9-12)18-17(22)19(14)3/h5-6,9,11,15H,4,7-8,10H2,1-3H3,(H,18,22). The first kappa shape index (κ1) is 15.8. The zero-order chi connectivity index (χ0) is 16.6. The van der Waals surface area contributed by atoms with Gasteiger partial charge in [0.2, 0.25) is 0 Å². The van der Waals surface area contributed by atoms with E-state index in [1.807, 2.05) is 11.0 Å². The molecule has 1 atom stereocenters. The number of hydrogen-bond donors (Lipinski definition) is 1. The molecule has 1 aromatic heterocycles. The van der Waals surface area contributed by atoms with Crippen LogP contribution in [0.3, 0.4) is 0 Å². The summed E-state index contributed by atoms with van der Waals surface area (Å²) in [4.78, 5) is 29.1. The maximum absolute atomic E-state index is 12.8. The number of nitrogens with zero attached hydrogens (tertiary/aromatic N) is 2. The molecule has 3 rings (SSSR count). The molecule has 2 heterocycles. The number of H-pyrrole nitrogens is 1. The minimum absolute atomic E-state index is 0.00671.